The van der Waals surface area contributed by atoms with Gasteiger partial charge < -0.3 is 24.5 Å². The third-order valence-corrected chi connectivity index (χ3v) is 5.89. The van der Waals surface area contributed by atoms with E-state index in [-0.39, 0.29) is 17.6 Å². The van der Waals surface area contributed by atoms with Gasteiger partial charge in [-0.05, 0) is 41.5 Å². The highest BCUT2D eigenvalue weighted by Gasteiger charge is 2.24. The van der Waals surface area contributed by atoms with Gasteiger partial charge in [-0.15, -0.1) is 0 Å². The number of carbonyl (C=O) groups is 1. The van der Waals surface area contributed by atoms with Gasteiger partial charge in [-0.1, -0.05) is 36.4 Å². The number of amides is 1. The Kier molecular flexibility index (Phi) is 7.35. The van der Waals surface area contributed by atoms with Gasteiger partial charge in [0.15, 0.2) is 23.1 Å². The summed E-state index contributed by atoms with van der Waals surface area (Å²) in [7, 11) is 4.60. The van der Waals surface area contributed by atoms with Gasteiger partial charge in [0.25, 0.3) is 0 Å². The first kappa shape index (κ1) is 23.9. The molecule has 0 aliphatic heterocycles. The Hall–Kier alpha value is -4.26. The predicted molar refractivity (Wildman–Crippen MR) is 135 cm³/mol. The summed E-state index contributed by atoms with van der Waals surface area (Å²) >= 11 is 0. The van der Waals surface area contributed by atoms with Gasteiger partial charge in [0.2, 0.25) is 5.91 Å². The number of hydrogen-bond donors (Lipinski definition) is 2. The summed E-state index contributed by atoms with van der Waals surface area (Å²) in [5.41, 5.74) is 3.47. The zero-order valence-electron chi connectivity index (χ0n) is 19.8. The van der Waals surface area contributed by atoms with Crippen molar-refractivity contribution in [3.63, 3.8) is 0 Å². The molecule has 1 aromatic heterocycles. The van der Waals surface area contributed by atoms with Crippen molar-refractivity contribution in [2.24, 2.45) is 0 Å². The van der Waals surface area contributed by atoms with E-state index in [1.807, 2.05) is 48.7 Å². The van der Waals surface area contributed by atoms with Gasteiger partial charge in [0.05, 0.1) is 21.3 Å². The maximum absolute atomic E-state index is 14.0. The van der Waals surface area contributed by atoms with E-state index in [2.05, 4.69) is 10.3 Å². The number of H-pyrrole nitrogens is 1. The van der Waals surface area contributed by atoms with Gasteiger partial charge in [0.1, 0.15) is 0 Å². The summed E-state index contributed by atoms with van der Waals surface area (Å²) in [6.45, 7) is 0.311. The lowest BCUT2D eigenvalue weighted by Gasteiger charge is -2.21. The van der Waals surface area contributed by atoms with E-state index in [4.69, 9.17) is 14.2 Å². The Morgan fingerprint density at radius 1 is 0.971 bits per heavy atom. The molecule has 2 N–H and O–H groups in total. The number of aromatic amines is 1. The van der Waals surface area contributed by atoms with Gasteiger partial charge in [0, 0.05) is 41.2 Å². The van der Waals surface area contributed by atoms with Gasteiger partial charge >= 0.3 is 0 Å². The fourth-order valence-corrected chi connectivity index (χ4v) is 4.18. The van der Waals surface area contributed by atoms with Crippen LogP contribution in [0, 0.1) is 5.82 Å². The first-order chi connectivity index (χ1) is 17.0. The SMILES string of the molecule is COc1ccc(/C=C/C(=O)NCC(c2cccc(OC)c2OC)c2c[nH]c3ccccc23)cc1F. The molecule has 180 valence electrons. The molecule has 0 aliphatic rings. The second-order valence-corrected chi connectivity index (χ2v) is 7.90. The van der Waals surface area contributed by atoms with Crippen LogP contribution in [-0.4, -0.2) is 38.8 Å². The second-order valence-electron chi connectivity index (χ2n) is 7.90. The van der Waals surface area contributed by atoms with Crippen LogP contribution in [-0.2, 0) is 4.79 Å². The summed E-state index contributed by atoms with van der Waals surface area (Å²) in [4.78, 5) is 16.0. The minimum Gasteiger partial charge on any atom is -0.494 e. The van der Waals surface area contributed by atoms with Crippen LogP contribution in [0.15, 0.2) is 72.9 Å². The maximum atomic E-state index is 14.0. The van der Waals surface area contributed by atoms with Gasteiger partial charge in [-0.25, -0.2) is 4.39 Å². The molecule has 0 fully saturated rings. The topological polar surface area (TPSA) is 72.6 Å². The van der Waals surface area contributed by atoms with E-state index in [1.165, 1.54) is 25.3 Å². The van der Waals surface area contributed by atoms with Crippen LogP contribution >= 0.6 is 0 Å². The lowest BCUT2D eigenvalue weighted by molar-refractivity contribution is -0.116. The number of rotatable bonds is 9. The Bertz CT molecular complexity index is 1360. The molecule has 0 saturated heterocycles. The van der Waals surface area contributed by atoms with Crippen LogP contribution in [0.1, 0.15) is 22.6 Å². The third-order valence-electron chi connectivity index (χ3n) is 5.89. The number of halogens is 1. The van der Waals surface area contributed by atoms with Crippen LogP contribution in [0.3, 0.4) is 0 Å². The molecular formula is C28H27FN2O4. The molecule has 0 bridgehead atoms. The molecule has 0 saturated carbocycles. The van der Waals surface area contributed by atoms with Gasteiger partial charge in [-0.2, -0.15) is 0 Å². The summed E-state index contributed by atoms with van der Waals surface area (Å²) in [6, 6.07) is 18.2. The molecule has 4 aromatic rings. The van der Waals surface area contributed by atoms with Crippen molar-refractivity contribution in [1.82, 2.24) is 10.3 Å². The first-order valence-electron chi connectivity index (χ1n) is 11.1. The molecule has 1 heterocycles. The van der Waals surface area contributed by atoms with Crippen LogP contribution in [0.2, 0.25) is 0 Å². The Labute approximate surface area is 203 Å². The fourth-order valence-electron chi connectivity index (χ4n) is 4.18. The molecule has 1 atom stereocenters. The van der Waals surface area contributed by atoms with Crippen molar-refractivity contribution in [1.29, 1.82) is 0 Å². The van der Waals surface area contributed by atoms with E-state index in [9.17, 15) is 9.18 Å². The van der Waals surface area contributed by atoms with Crippen molar-refractivity contribution in [2.45, 2.75) is 5.92 Å². The van der Waals surface area contributed by atoms with E-state index >= 15 is 0 Å². The Morgan fingerprint density at radius 2 is 1.77 bits per heavy atom. The molecule has 1 amide bonds. The summed E-state index contributed by atoms with van der Waals surface area (Å²) < 4.78 is 30.1. The van der Waals surface area contributed by atoms with Crippen LogP contribution < -0.4 is 19.5 Å². The molecule has 4 rings (SSSR count). The number of aromatic nitrogens is 1. The fraction of sp³-hybridized carbons (Fsp3) is 0.179. The number of para-hydroxylation sites is 2. The van der Waals surface area contributed by atoms with E-state index < -0.39 is 5.82 Å². The average Bonchev–Trinajstić information content (AvgIpc) is 3.31. The minimum absolute atomic E-state index is 0.153. The van der Waals surface area contributed by atoms with Crippen molar-refractivity contribution in [3.05, 3.63) is 95.4 Å². The minimum atomic E-state index is -0.487. The van der Waals surface area contributed by atoms with Crippen LogP contribution in [0.4, 0.5) is 4.39 Å². The average molecular weight is 475 g/mol. The monoisotopic (exact) mass is 474 g/mol. The van der Waals surface area contributed by atoms with E-state index in [0.717, 1.165) is 22.0 Å². The number of nitrogens with one attached hydrogen (secondary N) is 2. The summed E-state index contributed by atoms with van der Waals surface area (Å²) in [5, 5.41) is 4.03. The molecular weight excluding hydrogens is 447 g/mol. The molecule has 0 radical (unpaired) electrons. The quantitative estimate of drug-likeness (QED) is 0.323. The zero-order chi connectivity index (χ0) is 24.8. The number of hydrogen-bond acceptors (Lipinski definition) is 4. The number of benzene rings is 3. The Morgan fingerprint density at radius 3 is 2.51 bits per heavy atom. The number of carbonyl (C=O) groups excluding carboxylic acids is 1. The third kappa shape index (κ3) is 5.14. The van der Waals surface area contributed by atoms with Crippen LogP contribution in [0.25, 0.3) is 17.0 Å². The summed E-state index contributed by atoms with van der Waals surface area (Å²) in [5.74, 6) is 0.381. The first-order valence-corrected chi connectivity index (χ1v) is 11.1. The molecule has 3 aromatic carbocycles. The molecule has 0 spiro atoms. The molecule has 1 unspecified atom stereocenters. The normalized spacial score (nSPS) is 12.0. The highest BCUT2D eigenvalue weighted by atomic mass is 19.1. The molecule has 35 heavy (non-hydrogen) atoms. The molecule has 6 nitrogen and oxygen atoms in total. The highest BCUT2D eigenvalue weighted by Crippen LogP contribution is 2.40. The predicted octanol–water partition coefficient (Wildman–Crippen LogP) is 5.29. The largest absolute Gasteiger partial charge is 0.494 e. The summed E-state index contributed by atoms with van der Waals surface area (Å²) in [6.07, 6.45) is 4.90. The van der Waals surface area contributed by atoms with E-state index in [1.54, 1.807) is 26.4 Å². The van der Waals surface area contributed by atoms with Crippen molar-refractivity contribution < 1.29 is 23.4 Å². The lowest BCUT2D eigenvalue weighted by Crippen LogP contribution is -2.27. The van der Waals surface area contributed by atoms with Gasteiger partial charge in [-0.3, -0.25) is 4.79 Å². The van der Waals surface area contributed by atoms with Crippen molar-refractivity contribution >= 4 is 22.9 Å². The van der Waals surface area contributed by atoms with E-state index in [0.29, 0.717) is 23.6 Å². The smallest absolute Gasteiger partial charge is 0.244 e. The second kappa shape index (κ2) is 10.8. The van der Waals surface area contributed by atoms with Crippen LogP contribution in [0.5, 0.6) is 17.2 Å². The zero-order valence-corrected chi connectivity index (χ0v) is 19.8. The maximum Gasteiger partial charge on any atom is 0.244 e. The highest BCUT2D eigenvalue weighted by molar-refractivity contribution is 5.92. The number of ether oxygens (including phenoxy) is 3. The van der Waals surface area contributed by atoms with Crippen molar-refractivity contribution in [3.8, 4) is 17.2 Å². The molecule has 0 aliphatic carbocycles. The number of fused-ring (bicyclic) bond motifs is 1. The Balaban J connectivity index is 1.62. The standard InChI is InChI=1S/C28H27FN2O4/c1-33-25-13-11-18(15-23(25)29)12-14-27(32)31-17-22(20-8-6-10-26(34-2)28(20)35-3)21-16-30-24-9-5-4-7-19(21)24/h4-16,22,30H,17H2,1-3H3,(H,31,32)/b14-12+. The number of methoxy groups -OCH3 is 3. The van der Waals surface area contributed by atoms with Crippen molar-refractivity contribution in [2.75, 3.05) is 27.9 Å². The lowest BCUT2D eigenvalue weighted by atomic mass is 9.89. The molecule has 7 heteroatoms.